The van der Waals surface area contributed by atoms with Crippen molar-refractivity contribution in [3.05, 3.63) is 47.9 Å². The lowest BCUT2D eigenvalue weighted by atomic mass is 10.2. The predicted molar refractivity (Wildman–Crippen MR) is 117 cm³/mol. The third-order valence-corrected chi connectivity index (χ3v) is 4.86. The van der Waals surface area contributed by atoms with Gasteiger partial charge in [0.2, 0.25) is 0 Å². The van der Waals surface area contributed by atoms with Crippen LogP contribution in [-0.4, -0.2) is 50.3 Å². The number of benzene rings is 1. The lowest BCUT2D eigenvalue weighted by Gasteiger charge is -2.20. The van der Waals surface area contributed by atoms with Crippen LogP contribution in [0.25, 0.3) is 0 Å². The summed E-state index contributed by atoms with van der Waals surface area (Å²) < 4.78 is 25.0. The molecule has 0 radical (unpaired) electrons. The molecule has 0 aliphatic carbocycles. The van der Waals surface area contributed by atoms with Crippen molar-refractivity contribution in [3.8, 4) is 11.5 Å². The zero-order chi connectivity index (χ0) is 21.3. The highest BCUT2D eigenvalue weighted by Crippen LogP contribution is 2.28. The van der Waals surface area contributed by atoms with Gasteiger partial charge in [-0.05, 0) is 50.1 Å². The molecule has 1 unspecified atom stereocenters. The van der Waals surface area contributed by atoms with Gasteiger partial charge in [-0.3, -0.25) is 0 Å². The summed E-state index contributed by atoms with van der Waals surface area (Å²) in [5.41, 5.74) is 1.02. The molecule has 1 aliphatic rings. The molecule has 1 aliphatic heterocycles. The summed E-state index contributed by atoms with van der Waals surface area (Å²) in [6.07, 6.45) is 2.51. The van der Waals surface area contributed by atoms with E-state index in [-0.39, 0.29) is 11.9 Å². The van der Waals surface area contributed by atoms with Crippen molar-refractivity contribution in [1.82, 2.24) is 15.6 Å². The van der Waals surface area contributed by atoms with Crippen molar-refractivity contribution in [1.29, 1.82) is 0 Å². The Hall–Kier alpha value is -3.03. The second-order valence-corrected chi connectivity index (χ2v) is 7.00. The molecule has 1 aromatic heterocycles. The maximum absolute atomic E-state index is 14.0. The zero-order valence-corrected chi connectivity index (χ0v) is 17.8. The predicted octanol–water partition coefficient (Wildman–Crippen LogP) is 2.96. The summed E-state index contributed by atoms with van der Waals surface area (Å²) in [6.45, 7) is 7.24. The van der Waals surface area contributed by atoms with Crippen LogP contribution in [-0.2, 0) is 6.54 Å². The summed E-state index contributed by atoms with van der Waals surface area (Å²) in [5.74, 6) is 2.28. The van der Waals surface area contributed by atoms with Crippen molar-refractivity contribution in [2.45, 2.75) is 32.9 Å². The van der Waals surface area contributed by atoms with Gasteiger partial charge >= 0.3 is 0 Å². The van der Waals surface area contributed by atoms with Crippen LogP contribution in [0.3, 0.4) is 0 Å². The Balaban J connectivity index is 1.63. The van der Waals surface area contributed by atoms with Gasteiger partial charge in [0.05, 0.1) is 20.3 Å². The molecule has 2 aromatic rings. The minimum Gasteiger partial charge on any atom is -0.493 e. The Labute approximate surface area is 177 Å². The number of nitrogens with zero attached hydrogens (tertiary/aromatic N) is 3. The van der Waals surface area contributed by atoms with E-state index in [1.165, 1.54) is 6.07 Å². The number of anilines is 1. The molecule has 7 nitrogen and oxygen atoms in total. The molecule has 1 aromatic carbocycles. The summed E-state index contributed by atoms with van der Waals surface area (Å²) >= 11 is 0. The number of rotatable bonds is 8. The zero-order valence-electron chi connectivity index (χ0n) is 17.8. The number of hydrogen-bond donors (Lipinski definition) is 2. The second-order valence-electron chi connectivity index (χ2n) is 7.00. The molecular weight excluding hydrogens is 385 g/mol. The van der Waals surface area contributed by atoms with Crippen LogP contribution in [0.4, 0.5) is 10.2 Å². The van der Waals surface area contributed by atoms with Gasteiger partial charge < -0.3 is 25.0 Å². The lowest BCUT2D eigenvalue weighted by Crippen LogP contribution is -2.44. The van der Waals surface area contributed by atoms with E-state index in [0.717, 1.165) is 36.8 Å². The molecule has 3 rings (SSSR count). The number of nitrogens with one attached hydrogen (secondary N) is 2. The molecule has 162 valence electrons. The maximum atomic E-state index is 14.0. The van der Waals surface area contributed by atoms with Crippen LogP contribution in [0.2, 0.25) is 0 Å². The number of guanidine groups is 1. The molecule has 30 heavy (non-hydrogen) atoms. The van der Waals surface area contributed by atoms with Crippen LogP contribution in [0, 0.1) is 5.82 Å². The third kappa shape index (κ3) is 5.52. The molecule has 2 N–H and O–H groups in total. The quantitative estimate of drug-likeness (QED) is 0.510. The molecule has 1 atom stereocenters. The summed E-state index contributed by atoms with van der Waals surface area (Å²) in [4.78, 5) is 10.8. The highest BCUT2D eigenvalue weighted by Gasteiger charge is 2.25. The van der Waals surface area contributed by atoms with Crippen molar-refractivity contribution >= 4 is 11.8 Å². The molecule has 0 amide bonds. The largest absolute Gasteiger partial charge is 0.493 e. The van der Waals surface area contributed by atoms with Gasteiger partial charge in [-0.1, -0.05) is 6.07 Å². The molecule has 0 bridgehead atoms. The first kappa shape index (κ1) is 21.7. The maximum Gasteiger partial charge on any atom is 0.191 e. The fourth-order valence-corrected chi connectivity index (χ4v) is 3.45. The molecule has 1 fully saturated rings. The fourth-order valence-electron chi connectivity index (χ4n) is 3.45. The van der Waals surface area contributed by atoms with Crippen molar-refractivity contribution in [2.75, 3.05) is 38.3 Å². The van der Waals surface area contributed by atoms with E-state index in [2.05, 4.69) is 15.6 Å². The number of aliphatic imine (C=N–C) groups is 1. The lowest BCUT2D eigenvalue weighted by molar-refractivity contribution is 0.310. The van der Waals surface area contributed by atoms with E-state index in [1.807, 2.05) is 36.9 Å². The highest BCUT2D eigenvalue weighted by atomic mass is 19.1. The van der Waals surface area contributed by atoms with Crippen molar-refractivity contribution in [2.24, 2.45) is 4.99 Å². The van der Waals surface area contributed by atoms with Gasteiger partial charge in [-0.25, -0.2) is 14.4 Å². The van der Waals surface area contributed by atoms with Crippen LogP contribution >= 0.6 is 0 Å². The van der Waals surface area contributed by atoms with E-state index >= 15 is 0 Å². The first-order valence-corrected chi connectivity index (χ1v) is 10.3. The van der Waals surface area contributed by atoms with Gasteiger partial charge in [0.1, 0.15) is 0 Å². The Morgan fingerprint density at radius 2 is 2.17 bits per heavy atom. The third-order valence-electron chi connectivity index (χ3n) is 4.86. The van der Waals surface area contributed by atoms with Crippen LogP contribution in [0.5, 0.6) is 11.5 Å². The van der Waals surface area contributed by atoms with E-state index in [9.17, 15) is 4.39 Å². The summed E-state index contributed by atoms with van der Waals surface area (Å²) in [6, 6.07) is 9.06. The number of methoxy groups -OCH3 is 1. The first-order chi connectivity index (χ1) is 14.6. The number of pyridine rings is 1. The highest BCUT2D eigenvalue weighted by molar-refractivity contribution is 5.80. The smallest absolute Gasteiger partial charge is 0.191 e. The van der Waals surface area contributed by atoms with Crippen molar-refractivity contribution in [3.63, 3.8) is 0 Å². The standard InChI is InChI=1S/C22H30FN5O2/c1-4-24-22(26-14-16-8-9-19(30-5-2)20(13-16)29-3)27-17-10-12-28(15-17)21-18(23)7-6-11-25-21/h6-9,11,13,17H,4-5,10,12,14-15H2,1-3H3,(H2,24,26,27). The Morgan fingerprint density at radius 1 is 1.30 bits per heavy atom. The van der Waals surface area contributed by atoms with Gasteiger partial charge in [-0.2, -0.15) is 0 Å². The average Bonchev–Trinajstić information content (AvgIpc) is 3.21. The summed E-state index contributed by atoms with van der Waals surface area (Å²) in [7, 11) is 1.63. The van der Waals surface area contributed by atoms with Crippen LogP contribution < -0.4 is 25.0 Å². The monoisotopic (exact) mass is 415 g/mol. The van der Waals surface area contributed by atoms with Gasteiger partial charge in [0, 0.05) is 31.9 Å². The van der Waals surface area contributed by atoms with Gasteiger partial charge in [0.15, 0.2) is 29.1 Å². The molecule has 0 spiro atoms. The number of aromatic nitrogens is 1. The summed E-state index contributed by atoms with van der Waals surface area (Å²) in [5, 5.41) is 6.74. The minimum atomic E-state index is -0.289. The van der Waals surface area contributed by atoms with Crippen LogP contribution in [0.1, 0.15) is 25.8 Å². The molecular formula is C22H30FN5O2. The van der Waals surface area contributed by atoms with Gasteiger partial charge in [0.25, 0.3) is 0 Å². The SMILES string of the molecule is CCNC(=NCc1ccc(OCC)c(OC)c1)NC1CCN(c2ncccc2F)C1. The van der Waals surface area contributed by atoms with Crippen molar-refractivity contribution < 1.29 is 13.9 Å². The topological polar surface area (TPSA) is 71.0 Å². The van der Waals surface area contributed by atoms with E-state index in [4.69, 9.17) is 14.5 Å². The fraction of sp³-hybridized carbons (Fsp3) is 0.455. The van der Waals surface area contributed by atoms with E-state index < -0.39 is 0 Å². The Kier molecular flexibility index (Phi) is 7.70. The normalized spacial score (nSPS) is 16.5. The Bertz CT molecular complexity index is 861. The van der Waals surface area contributed by atoms with E-state index in [0.29, 0.717) is 31.3 Å². The first-order valence-electron chi connectivity index (χ1n) is 10.3. The number of hydrogen-bond acceptors (Lipinski definition) is 5. The van der Waals surface area contributed by atoms with Crippen LogP contribution in [0.15, 0.2) is 41.5 Å². The minimum absolute atomic E-state index is 0.166. The molecule has 0 saturated carbocycles. The average molecular weight is 416 g/mol. The van der Waals surface area contributed by atoms with Gasteiger partial charge in [-0.15, -0.1) is 0 Å². The van der Waals surface area contributed by atoms with E-state index in [1.54, 1.807) is 19.4 Å². The Morgan fingerprint density at radius 3 is 2.90 bits per heavy atom. The molecule has 1 saturated heterocycles. The molecule has 2 heterocycles. The second kappa shape index (κ2) is 10.7. The molecule has 8 heteroatoms. The number of halogens is 1. The number of ether oxygens (including phenoxy) is 2.